The van der Waals surface area contributed by atoms with Gasteiger partial charge in [-0.05, 0) is 31.0 Å². The third kappa shape index (κ3) is 2.19. The molecule has 0 radical (unpaired) electrons. The number of hydrogen-bond donors (Lipinski definition) is 1. The summed E-state index contributed by atoms with van der Waals surface area (Å²) in [5.74, 6) is -0.187. The van der Waals surface area contributed by atoms with Crippen LogP contribution in [0.5, 0.6) is 0 Å². The van der Waals surface area contributed by atoms with Crippen LogP contribution in [0.2, 0.25) is 5.02 Å². The molecule has 1 fully saturated rings. The van der Waals surface area contributed by atoms with Crippen molar-refractivity contribution in [3.05, 3.63) is 29.0 Å². The summed E-state index contributed by atoms with van der Waals surface area (Å²) in [6, 6.07) is 5.38. The maximum Gasteiger partial charge on any atom is 0.291 e. The van der Waals surface area contributed by atoms with Gasteiger partial charge in [0.1, 0.15) is 5.52 Å². The lowest BCUT2D eigenvalue weighted by Gasteiger charge is -2.02. The molecule has 1 aliphatic carbocycles. The first-order valence-corrected chi connectivity index (χ1v) is 5.71. The second-order valence-corrected chi connectivity index (χ2v) is 4.45. The SMILES string of the molecule is O=C(NC1CC1)c1nnc2ccc(Cl)cc2n1. The normalized spacial score (nSPS) is 14.9. The van der Waals surface area contributed by atoms with Crippen molar-refractivity contribution in [2.75, 3.05) is 0 Å². The first-order valence-electron chi connectivity index (χ1n) is 5.33. The highest BCUT2D eigenvalue weighted by Crippen LogP contribution is 2.19. The molecule has 1 aromatic carbocycles. The van der Waals surface area contributed by atoms with E-state index in [9.17, 15) is 4.79 Å². The summed E-state index contributed by atoms with van der Waals surface area (Å²) < 4.78 is 0. The Bertz CT molecular complexity index is 597. The van der Waals surface area contributed by atoms with Crippen LogP contribution in [0.15, 0.2) is 18.2 Å². The van der Waals surface area contributed by atoms with E-state index in [2.05, 4.69) is 20.5 Å². The number of carbonyl (C=O) groups excluding carboxylic acids is 1. The van der Waals surface area contributed by atoms with Crippen LogP contribution in [0.25, 0.3) is 11.0 Å². The Hall–Kier alpha value is -1.75. The number of rotatable bonds is 2. The molecule has 1 heterocycles. The molecule has 0 atom stereocenters. The number of carbonyl (C=O) groups is 1. The van der Waals surface area contributed by atoms with Gasteiger partial charge in [0.15, 0.2) is 0 Å². The van der Waals surface area contributed by atoms with Crippen molar-refractivity contribution in [1.82, 2.24) is 20.5 Å². The Kier molecular flexibility index (Phi) is 2.40. The number of nitrogens with one attached hydrogen (secondary N) is 1. The quantitative estimate of drug-likeness (QED) is 0.876. The first kappa shape index (κ1) is 10.4. The third-order valence-corrected chi connectivity index (χ3v) is 2.77. The lowest BCUT2D eigenvalue weighted by molar-refractivity contribution is 0.0940. The van der Waals surface area contributed by atoms with Crippen LogP contribution in [0, 0.1) is 0 Å². The zero-order valence-corrected chi connectivity index (χ0v) is 9.61. The largest absolute Gasteiger partial charge is 0.347 e. The number of halogens is 1. The maximum absolute atomic E-state index is 11.7. The second kappa shape index (κ2) is 3.92. The van der Waals surface area contributed by atoms with Crippen LogP contribution in [-0.4, -0.2) is 27.1 Å². The summed E-state index contributed by atoms with van der Waals surface area (Å²) in [5.41, 5.74) is 1.20. The van der Waals surface area contributed by atoms with Crippen LogP contribution in [0.4, 0.5) is 0 Å². The molecule has 1 N–H and O–H groups in total. The van der Waals surface area contributed by atoms with E-state index >= 15 is 0 Å². The zero-order chi connectivity index (χ0) is 11.8. The fourth-order valence-corrected chi connectivity index (χ4v) is 1.65. The molecule has 0 aliphatic heterocycles. The van der Waals surface area contributed by atoms with Crippen LogP contribution < -0.4 is 5.32 Å². The summed E-state index contributed by atoms with van der Waals surface area (Å²) in [6.07, 6.45) is 2.05. The molecule has 1 aromatic heterocycles. The van der Waals surface area contributed by atoms with Crippen LogP contribution >= 0.6 is 11.6 Å². The Morgan fingerprint density at radius 2 is 2.12 bits per heavy atom. The molecule has 1 amide bonds. The standard InChI is InChI=1S/C11H9ClN4O/c12-6-1-4-8-9(5-6)14-10(16-15-8)11(17)13-7-2-3-7/h1,4-5,7H,2-3H2,(H,13,17). The third-order valence-electron chi connectivity index (χ3n) is 2.53. The van der Waals surface area contributed by atoms with E-state index in [1.807, 2.05) is 0 Å². The van der Waals surface area contributed by atoms with Gasteiger partial charge in [-0.3, -0.25) is 4.79 Å². The van der Waals surface area contributed by atoms with E-state index in [1.54, 1.807) is 18.2 Å². The molecule has 86 valence electrons. The highest BCUT2D eigenvalue weighted by molar-refractivity contribution is 6.31. The monoisotopic (exact) mass is 248 g/mol. The minimum Gasteiger partial charge on any atom is -0.347 e. The van der Waals surface area contributed by atoms with Gasteiger partial charge in [-0.25, -0.2) is 4.98 Å². The lowest BCUT2D eigenvalue weighted by Crippen LogP contribution is -2.27. The molecular formula is C11H9ClN4O. The molecule has 5 nitrogen and oxygen atoms in total. The Balaban J connectivity index is 1.96. The lowest BCUT2D eigenvalue weighted by atomic mass is 10.3. The second-order valence-electron chi connectivity index (χ2n) is 4.02. The fraction of sp³-hybridized carbons (Fsp3) is 0.273. The van der Waals surface area contributed by atoms with Crippen molar-refractivity contribution < 1.29 is 4.79 Å². The number of nitrogens with zero attached hydrogens (tertiary/aromatic N) is 3. The van der Waals surface area contributed by atoms with Gasteiger partial charge in [0.25, 0.3) is 5.91 Å². The molecule has 0 spiro atoms. The average Bonchev–Trinajstić information content (AvgIpc) is 3.12. The van der Waals surface area contributed by atoms with Crippen molar-refractivity contribution in [3.63, 3.8) is 0 Å². The predicted octanol–water partition coefficient (Wildman–Crippen LogP) is 1.57. The van der Waals surface area contributed by atoms with Crippen molar-refractivity contribution in [2.24, 2.45) is 0 Å². The van der Waals surface area contributed by atoms with Crippen LogP contribution in [0.3, 0.4) is 0 Å². The van der Waals surface area contributed by atoms with E-state index in [4.69, 9.17) is 11.6 Å². The highest BCUT2D eigenvalue weighted by atomic mass is 35.5. The van der Waals surface area contributed by atoms with E-state index in [0.717, 1.165) is 12.8 Å². The molecule has 3 rings (SSSR count). The van der Waals surface area contributed by atoms with Gasteiger partial charge in [0.05, 0.1) is 5.52 Å². The molecular weight excluding hydrogens is 240 g/mol. The fourth-order valence-electron chi connectivity index (χ4n) is 1.48. The maximum atomic E-state index is 11.7. The van der Waals surface area contributed by atoms with Gasteiger partial charge in [-0.2, -0.15) is 0 Å². The number of aromatic nitrogens is 3. The number of benzene rings is 1. The molecule has 0 bridgehead atoms. The molecule has 2 aromatic rings. The summed E-state index contributed by atoms with van der Waals surface area (Å²) in [5, 5.41) is 11.1. The molecule has 1 aliphatic rings. The van der Waals surface area contributed by atoms with Gasteiger partial charge in [-0.15, -0.1) is 10.2 Å². The van der Waals surface area contributed by atoms with E-state index in [1.165, 1.54) is 0 Å². The van der Waals surface area contributed by atoms with Gasteiger partial charge in [0, 0.05) is 11.1 Å². The summed E-state index contributed by atoms with van der Waals surface area (Å²) in [6.45, 7) is 0. The van der Waals surface area contributed by atoms with Crippen molar-refractivity contribution in [3.8, 4) is 0 Å². The summed E-state index contributed by atoms with van der Waals surface area (Å²) in [4.78, 5) is 15.9. The topological polar surface area (TPSA) is 67.8 Å². The average molecular weight is 249 g/mol. The number of hydrogen-bond acceptors (Lipinski definition) is 4. The van der Waals surface area contributed by atoms with E-state index in [0.29, 0.717) is 16.1 Å². The first-order chi connectivity index (χ1) is 8.22. The van der Waals surface area contributed by atoms with Gasteiger partial charge in [-0.1, -0.05) is 11.6 Å². The Labute approximate surface area is 102 Å². The number of fused-ring (bicyclic) bond motifs is 1. The molecule has 1 saturated carbocycles. The van der Waals surface area contributed by atoms with Gasteiger partial charge < -0.3 is 5.32 Å². The van der Waals surface area contributed by atoms with Gasteiger partial charge in [0.2, 0.25) is 5.82 Å². The minimum atomic E-state index is -0.276. The van der Waals surface area contributed by atoms with E-state index < -0.39 is 0 Å². The van der Waals surface area contributed by atoms with Crippen LogP contribution in [-0.2, 0) is 0 Å². The van der Waals surface area contributed by atoms with Crippen LogP contribution in [0.1, 0.15) is 23.5 Å². The van der Waals surface area contributed by atoms with E-state index in [-0.39, 0.29) is 17.8 Å². The Morgan fingerprint density at radius 3 is 2.88 bits per heavy atom. The van der Waals surface area contributed by atoms with Gasteiger partial charge >= 0.3 is 0 Å². The summed E-state index contributed by atoms with van der Waals surface area (Å²) >= 11 is 5.86. The molecule has 17 heavy (non-hydrogen) atoms. The summed E-state index contributed by atoms with van der Waals surface area (Å²) in [7, 11) is 0. The molecule has 6 heteroatoms. The Morgan fingerprint density at radius 1 is 1.29 bits per heavy atom. The zero-order valence-electron chi connectivity index (χ0n) is 8.85. The molecule has 0 unspecified atom stereocenters. The predicted molar refractivity (Wildman–Crippen MR) is 62.8 cm³/mol. The number of amides is 1. The minimum absolute atomic E-state index is 0.0895. The van der Waals surface area contributed by atoms with Crippen molar-refractivity contribution >= 4 is 28.5 Å². The molecule has 0 saturated heterocycles. The highest BCUT2D eigenvalue weighted by Gasteiger charge is 2.25. The van der Waals surface area contributed by atoms with Crippen molar-refractivity contribution in [2.45, 2.75) is 18.9 Å². The smallest absolute Gasteiger partial charge is 0.291 e. The van der Waals surface area contributed by atoms with Crippen molar-refractivity contribution in [1.29, 1.82) is 0 Å².